The SMILES string of the molecule is CCC1CCC(C2CC[CH]CC2)CC1. The van der Waals surface area contributed by atoms with Crippen molar-refractivity contribution in [3.8, 4) is 0 Å². The fraction of sp³-hybridized carbons (Fsp3) is 0.929. The van der Waals surface area contributed by atoms with Crippen molar-refractivity contribution >= 4 is 0 Å². The van der Waals surface area contributed by atoms with E-state index >= 15 is 0 Å². The first-order valence-corrected chi connectivity index (χ1v) is 6.71. The average molecular weight is 193 g/mol. The molecular weight excluding hydrogens is 168 g/mol. The molecule has 2 fully saturated rings. The second-order valence-corrected chi connectivity index (χ2v) is 5.39. The van der Waals surface area contributed by atoms with Gasteiger partial charge in [0.05, 0.1) is 0 Å². The van der Waals surface area contributed by atoms with Crippen LogP contribution >= 0.6 is 0 Å². The summed E-state index contributed by atoms with van der Waals surface area (Å²) >= 11 is 0. The monoisotopic (exact) mass is 193 g/mol. The Balaban J connectivity index is 1.76. The van der Waals surface area contributed by atoms with Gasteiger partial charge in [0.15, 0.2) is 0 Å². The van der Waals surface area contributed by atoms with Gasteiger partial charge in [-0.1, -0.05) is 26.2 Å². The first-order chi connectivity index (χ1) is 6.90. The minimum atomic E-state index is 1.07. The van der Waals surface area contributed by atoms with Gasteiger partial charge in [-0.25, -0.2) is 0 Å². The van der Waals surface area contributed by atoms with Crippen molar-refractivity contribution in [2.45, 2.75) is 64.7 Å². The van der Waals surface area contributed by atoms with Crippen molar-refractivity contribution in [2.24, 2.45) is 17.8 Å². The molecule has 0 saturated heterocycles. The summed E-state index contributed by atoms with van der Waals surface area (Å²) in [5, 5.41) is 0. The summed E-state index contributed by atoms with van der Waals surface area (Å²) in [4.78, 5) is 0. The molecule has 1 radical (unpaired) electrons. The molecular formula is C14H25. The van der Waals surface area contributed by atoms with Crippen LogP contribution in [-0.2, 0) is 0 Å². The third kappa shape index (κ3) is 2.52. The lowest BCUT2D eigenvalue weighted by molar-refractivity contribution is 0.175. The van der Waals surface area contributed by atoms with Crippen LogP contribution in [0.25, 0.3) is 0 Å². The lowest BCUT2D eigenvalue weighted by atomic mass is 9.71. The summed E-state index contributed by atoms with van der Waals surface area (Å²) in [6.45, 7) is 2.36. The molecule has 2 aliphatic carbocycles. The van der Waals surface area contributed by atoms with Crippen molar-refractivity contribution in [1.29, 1.82) is 0 Å². The highest BCUT2D eigenvalue weighted by Crippen LogP contribution is 2.40. The molecule has 0 heterocycles. The lowest BCUT2D eigenvalue weighted by Gasteiger charge is -2.35. The van der Waals surface area contributed by atoms with Gasteiger partial charge >= 0.3 is 0 Å². The molecule has 0 N–H and O–H groups in total. The van der Waals surface area contributed by atoms with Gasteiger partial charge in [-0.3, -0.25) is 0 Å². The fourth-order valence-electron chi connectivity index (χ4n) is 3.49. The Kier molecular flexibility index (Phi) is 3.89. The minimum absolute atomic E-state index is 1.07. The normalized spacial score (nSPS) is 35.8. The van der Waals surface area contributed by atoms with Gasteiger partial charge in [-0.2, -0.15) is 0 Å². The zero-order chi connectivity index (χ0) is 9.80. The van der Waals surface area contributed by atoms with Crippen LogP contribution in [0.2, 0.25) is 0 Å². The van der Waals surface area contributed by atoms with E-state index in [1.165, 1.54) is 44.9 Å². The highest BCUT2D eigenvalue weighted by atomic mass is 14.3. The Morgan fingerprint density at radius 1 is 0.857 bits per heavy atom. The first-order valence-electron chi connectivity index (χ1n) is 6.71. The maximum atomic E-state index is 2.49. The predicted molar refractivity (Wildman–Crippen MR) is 62.0 cm³/mol. The zero-order valence-electron chi connectivity index (χ0n) is 9.67. The third-order valence-corrected chi connectivity index (χ3v) is 4.62. The Labute approximate surface area is 89.5 Å². The summed E-state index contributed by atoms with van der Waals surface area (Å²) < 4.78 is 0. The third-order valence-electron chi connectivity index (χ3n) is 4.62. The van der Waals surface area contributed by atoms with Crippen molar-refractivity contribution < 1.29 is 0 Å². The van der Waals surface area contributed by atoms with E-state index in [4.69, 9.17) is 0 Å². The van der Waals surface area contributed by atoms with Crippen molar-refractivity contribution in [3.63, 3.8) is 0 Å². The molecule has 0 atom stereocenters. The summed E-state index contributed by atoms with van der Waals surface area (Å²) in [6.07, 6.45) is 15.9. The van der Waals surface area contributed by atoms with Gasteiger partial charge in [0.2, 0.25) is 0 Å². The van der Waals surface area contributed by atoms with Crippen LogP contribution in [0.15, 0.2) is 0 Å². The average Bonchev–Trinajstić information content (AvgIpc) is 2.30. The largest absolute Gasteiger partial charge is 0.0651 e. The predicted octanol–water partition coefficient (Wildman–Crippen LogP) is 4.60. The van der Waals surface area contributed by atoms with Gasteiger partial charge in [0.25, 0.3) is 0 Å². The van der Waals surface area contributed by atoms with Crippen molar-refractivity contribution in [1.82, 2.24) is 0 Å². The Morgan fingerprint density at radius 2 is 1.43 bits per heavy atom. The van der Waals surface area contributed by atoms with Gasteiger partial charge in [-0.15, -0.1) is 0 Å². The minimum Gasteiger partial charge on any atom is -0.0651 e. The highest BCUT2D eigenvalue weighted by Gasteiger charge is 2.27. The fourth-order valence-corrected chi connectivity index (χ4v) is 3.49. The maximum Gasteiger partial charge on any atom is -0.0386 e. The van der Waals surface area contributed by atoms with Gasteiger partial charge in [0.1, 0.15) is 0 Å². The van der Waals surface area contributed by atoms with E-state index in [2.05, 4.69) is 13.3 Å². The number of rotatable bonds is 2. The highest BCUT2D eigenvalue weighted by molar-refractivity contribution is 4.83. The Morgan fingerprint density at radius 3 is 2.00 bits per heavy atom. The summed E-state index contributed by atoms with van der Waals surface area (Å²) in [5.74, 6) is 3.27. The molecule has 0 nitrogen and oxygen atoms in total. The van der Waals surface area contributed by atoms with Crippen LogP contribution in [0, 0.1) is 24.2 Å². The number of hydrogen-bond acceptors (Lipinski definition) is 0. The quantitative estimate of drug-likeness (QED) is 0.601. The van der Waals surface area contributed by atoms with Crippen molar-refractivity contribution in [2.75, 3.05) is 0 Å². The molecule has 0 spiro atoms. The topological polar surface area (TPSA) is 0 Å². The van der Waals surface area contributed by atoms with E-state index in [0.29, 0.717) is 0 Å². The molecule has 2 rings (SSSR count). The molecule has 81 valence electrons. The van der Waals surface area contributed by atoms with Crippen LogP contribution in [0.4, 0.5) is 0 Å². The lowest BCUT2D eigenvalue weighted by Crippen LogP contribution is -2.23. The molecule has 0 aliphatic heterocycles. The Bertz CT molecular complexity index is 147. The standard InChI is InChI=1S/C14H25/c1-2-12-8-10-14(11-9-12)13-6-4-3-5-7-13/h3,12-14H,2,4-11H2,1H3. The second kappa shape index (κ2) is 5.19. The molecule has 0 aromatic rings. The molecule has 0 unspecified atom stereocenters. The first kappa shape index (κ1) is 10.5. The second-order valence-electron chi connectivity index (χ2n) is 5.39. The van der Waals surface area contributed by atoms with E-state index in [1.807, 2.05) is 0 Å². The van der Waals surface area contributed by atoms with E-state index in [1.54, 1.807) is 12.8 Å². The Hall–Kier alpha value is 0. The van der Waals surface area contributed by atoms with E-state index in [9.17, 15) is 0 Å². The van der Waals surface area contributed by atoms with Crippen LogP contribution < -0.4 is 0 Å². The molecule has 0 bridgehead atoms. The maximum absolute atomic E-state index is 2.49. The van der Waals surface area contributed by atoms with E-state index in [-0.39, 0.29) is 0 Å². The summed E-state index contributed by atoms with van der Waals surface area (Å²) in [7, 11) is 0. The van der Waals surface area contributed by atoms with Crippen LogP contribution in [0.5, 0.6) is 0 Å². The van der Waals surface area contributed by atoms with Gasteiger partial charge < -0.3 is 0 Å². The molecule has 0 aromatic heterocycles. The molecule has 0 heteroatoms. The molecule has 14 heavy (non-hydrogen) atoms. The summed E-state index contributed by atoms with van der Waals surface area (Å²) in [5.41, 5.74) is 0. The molecule has 0 amide bonds. The van der Waals surface area contributed by atoms with E-state index < -0.39 is 0 Å². The number of hydrogen-bond donors (Lipinski definition) is 0. The summed E-state index contributed by atoms with van der Waals surface area (Å²) in [6, 6.07) is 0. The molecule has 2 aliphatic rings. The van der Waals surface area contributed by atoms with Gasteiger partial charge in [0, 0.05) is 0 Å². The molecule has 0 aromatic carbocycles. The molecule has 2 saturated carbocycles. The van der Waals surface area contributed by atoms with Crippen molar-refractivity contribution in [3.05, 3.63) is 6.42 Å². The smallest absolute Gasteiger partial charge is 0.0386 e. The zero-order valence-corrected chi connectivity index (χ0v) is 9.67. The van der Waals surface area contributed by atoms with Gasteiger partial charge in [-0.05, 0) is 62.7 Å². The van der Waals surface area contributed by atoms with Crippen LogP contribution in [0.3, 0.4) is 0 Å². The van der Waals surface area contributed by atoms with E-state index in [0.717, 1.165) is 17.8 Å². The van der Waals surface area contributed by atoms with Crippen LogP contribution in [0.1, 0.15) is 64.7 Å². The van der Waals surface area contributed by atoms with Crippen LogP contribution in [-0.4, -0.2) is 0 Å².